The van der Waals surface area contributed by atoms with Crippen LogP contribution in [0, 0.1) is 0 Å². The number of halogens is 4. The first-order valence-electron chi connectivity index (χ1n) is 13.4. The van der Waals surface area contributed by atoms with Crippen LogP contribution in [0.1, 0.15) is 37.8 Å². The van der Waals surface area contributed by atoms with E-state index in [9.17, 15) is 9.59 Å². The number of amides is 2. The molecule has 2 rings (SSSR count). The average molecular weight is 632 g/mol. The highest BCUT2D eigenvalue weighted by Gasteiger charge is 2.15. The average Bonchev–Trinajstić information content (AvgIpc) is 2.98. The molecular weight excluding hydrogens is 594 g/mol. The molecule has 10 heteroatoms. The summed E-state index contributed by atoms with van der Waals surface area (Å²) in [5, 5.41) is 0. The van der Waals surface area contributed by atoms with Crippen LogP contribution >= 0.6 is 46.4 Å². The number of allylic oxidation sites excluding steroid dienone is 2. The lowest BCUT2D eigenvalue weighted by Crippen LogP contribution is -2.37. The molecule has 0 atom stereocenters. The van der Waals surface area contributed by atoms with E-state index in [4.69, 9.17) is 55.9 Å². The third-order valence-electron chi connectivity index (χ3n) is 6.32. The Hall–Kier alpha value is -2.12. The van der Waals surface area contributed by atoms with Gasteiger partial charge in [-0.2, -0.15) is 0 Å². The Balaban J connectivity index is 2.10. The summed E-state index contributed by atoms with van der Waals surface area (Å²) in [5.41, 5.74) is 4.63. The van der Waals surface area contributed by atoms with Crippen molar-refractivity contribution in [1.82, 2.24) is 9.80 Å². The Morgan fingerprint density at radius 1 is 0.575 bits per heavy atom. The van der Waals surface area contributed by atoms with Gasteiger partial charge >= 0.3 is 0 Å². The molecule has 0 unspecified atom stereocenters. The van der Waals surface area contributed by atoms with Crippen LogP contribution < -0.4 is 9.47 Å². The van der Waals surface area contributed by atoms with E-state index in [1.165, 1.54) is 11.1 Å². The zero-order valence-corrected chi connectivity index (χ0v) is 26.2. The second-order valence-corrected chi connectivity index (χ2v) is 10.3. The van der Waals surface area contributed by atoms with Crippen LogP contribution in [-0.4, -0.2) is 84.5 Å². The third kappa shape index (κ3) is 10.7. The van der Waals surface area contributed by atoms with Crippen LogP contribution in [0.4, 0.5) is 0 Å². The molecule has 220 valence electrons. The van der Waals surface area contributed by atoms with Crippen LogP contribution in [0.5, 0.6) is 11.5 Å². The second-order valence-electron chi connectivity index (χ2n) is 8.81. The predicted molar refractivity (Wildman–Crippen MR) is 167 cm³/mol. The van der Waals surface area contributed by atoms with E-state index in [1.54, 1.807) is 9.80 Å². The number of ether oxygens (including phenoxy) is 2. The summed E-state index contributed by atoms with van der Waals surface area (Å²) in [6, 6.07) is 15.6. The van der Waals surface area contributed by atoms with Crippen molar-refractivity contribution in [2.45, 2.75) is 26.7 Å². The van der Waals surface area contributed by atoms with E-state index in [0.29, 0.717) is 61.2 Å². The lowest BCUT2D eigenvalue weighted by Gasteiger charge is -2.21. The summed E-state index contributed by atoms with van der Waals surface area (Å²) in [5.74, 6) is 2.34. The largest absolute Gasteiger partial charge is 0.484 e. The lowest BCUT2D eigenvalue weighted by molar-refractivity contribution is -0.133. The van der Waals surface area contributed by atoms with E-state index in [1.807, 2.05) is 48.5 Å². The van der Waals surface area contributed by atoms with E-state index >= 15 is 0 Å². The summed E-state index contributed by atoms with van der Waals surface area (Å²) in [4.78, 5) is 28.1. The van der Waals surface area contributed by atoms with Crippen LogP contribution in [0.3, 0.4) is 0 Å². The van der Waals surface area contributed by atoms with E-state index in [-0.39, 0.29) is 25.0 Å². The molecule has 0 bridgehead atoms. The van der Waals surface area contributed by atoms with Crippen LogP contribution in [0.25, 0.3) is 11.1 Å². The van der Waals surface area contributed by atoms with Gasteiger partial charge in [0.1, 0.15) is 11.5 Å². The Morgan fingerprint density at radius 2 is 0.875 bits per heavy atom. The molecule has 0 aliphatic heterocycles. The van der Waals surface area contributed by atoms with Crippen molar-refractivity contribution in [3.05, 3.63) is 59.7 Å². The quantitative estimate of drug-likeness (QED) is 0.134. The fourth-order valence-corrected chi connectivity index (χ4v) is 5.11. The number of hydrogen-bond acceptors (Lipinski definition) is 4. The number of hydrogen-bond donors (Lipinski definition) is 0. The van der Waals surface area contributed by atoms with Crippen molar-refractivity contribution < 1.29 is 19.1 Å². The van der Waals surface area contributed by atoms with Crippen LogP contribution in [-0.2, 0) is 9.59 Å². The normalized spacial score (nSPS) is 11.6. The fourth-order valence-electron chi connectivity index (χ4n) is 4.29. The molecule has 0 aromatic heterocycles. The number of carbonyl (C=O) groups excluding carboxylic acids is 2. The summed E-state index contributed by atoms with van der Waals surface area (Å²) in [6.07, 6.45) is 1.69. The van der Waals surface area contributed by atoms with Crippen molar-refractivity contribution in [3.63, 3.8) is 0 Å². The Morgan fingerprint density at radius 3 is 1.12 bits per heavy atom. The van der Waals surface area contributed by atoms with Gasteiger partial charge in [-0.3, -0.25) is 9.59 Å². The minimum atomic E-state index is -0.146. The summed E-state index contributed by atoms with van der Waals surface area (Å²) < 4.78 is 11.5. The highest BCUT2D eigenvalue weighted by Crippen LogP contribution is 2.33. The monoisotopic (exact) mass is 630 g/mol. The first-order chi connectivity index (χ1) is 19.4. The van der Waals surface area contributed by atoms with Gasteiger partial charge in [-0.05, 0) is 59.4 Å². The minimum Gasteiger partial charge on any atom is -0.484 e. The van der Waals surface area contributed by atoms with Crippen molar-refractivity contribution in [3.8, 4) is 11.5 Å². The Kier molecular flexibility index (Phi) is 16.3. The number of nitrogens with zero attached hydrogens (tertiary/aromatic N) is 2. The molecule has 0 aliphatic carbocycles. The molecule has 6 nitrogen and oxygen atoms in total. The number of carbonyl (C=O) groups is 2. The minimum absolute atomic E-state index is 0.0682. The first kappa shape index (κ1) is 34.1. The van der Waals surface area contributed by atoms with Crippen LogP contribution in [0.15, 0.2) is 48.5 Å². The highest BCUT2D eigenvalue weighted by molar-refractivity contribution is 6.19. The number of rotatable bonds is 18. The lowest BCUT2D eigenvalue weighted by atomic mass is 9.91. The first-order valence-corrected chi connectivity index (χ1v) is 15.5. The summed E-state index contributed by atoms with van der Waals surface area (Å²) in [6.45, 7) is 5.88. The second kappa shape index (κ2) is 19.1. The molecule has 40 heavy (non-hydrogen) atoms. The predicted octanol–water partition coefficient (Wildman–Crippen LogP) is 6.79. The molecule has 0 spiro atoms. The Labute approximate surface area is 258 Å². The molecule has 0 saturated carbocycles. The van der Waals surface area contributed by atoms with Crippen LogP contribution in [0.2, 0.25) is 0 Å². The maximum absolute atomic E-state index is 12.4. The molecule has 0 aliphatic rings. The van der Waals surface area contributed by atoms with E-state index in [2.05, 4.69) is 13.8 Å². The number of alkyl halides is 4. The van der Waals surface area contributed by atoms with E-state index in [0.717, 1.165) is 24.0 Å². The molecule has 0 fully saturated rings. The fraction of sp³-hybridized carbons (Fsp3) is 0.467. The van der Waals surface area contributed by atoms with Crippen molar-refractivity contribution >= 4 is 69.4 Å². The van der Waals surface area contributed by atoms with Gasteiger partial charge in [-0.25, -0.2) is 0 Å². The zero-order valence-electron chi connectivity index (χ0n) is 23.1. The third-order valence-corrected chi connectivity index (χ3v) is 7.00. The van der Waals surface area contributed by atoms with Gasteiger partial charge in [0, 0.05) is 49.7 Å². The zero-order chi connectivity index (χ0) is 29.3. The summed E-state index contributed by atoms with van der Waals surface area (Å²) in [7, 11) is 0. The van der Waals surface area contributed by atoms with Gasteiger partial charge in [0.25, 0.3) is 11.8 Å². The molecule has 2 aromatic carbocycles. The molecule has 2 amide bonds. The van der Waals surface area contributed by atoms with E-state index < -0.39 is 0 Å². The molecular formula is C30H38Cl4N2O4. The Bertz CT molecular complexity index is 981. The van der Waals surface area contributed by atoms with Gasteiger partial charge in [0.2, 0.25) is 0 Å². The van der Waals surface area contributed by atoms with Gasteiger partial charge in [-0.15, -0.1) is 46.4 Å². The molecule has 0 saturated heterocycles. The molecule has 0 N–H and O–H groups in total. The van der Waals surface area contributed by atoms with Crippen molar-refractivity contribution in [1.29, 1.82) is 0 Å². The molecule has 0 heterocycles. The summed E-state index contributed by atoms with van der Waals surface area (Å²) >= 11 is 23.2. The highest BCUT2D eigenvalue weighted by atomic mass is 35.5. The topological polar surface area (TPSA) is 59.1 Å². The van der Waals surface area contributed by atoms with Crippen molar-refractivity contribution in [2.24, 2.45) is 0 Å². The maximum Gasteiger partial charge on any atom is 0.260 e. The molecule has 0 radical (unpaired) electrons. The SMILES string of the molecule is CC/C(=C(\CC)c1ccc(OCC(=O)N(CCCl)CCCl)cc1)c1ccc(OCC(=O)N(CCCl)CCCl)cc1. The smallest absolute Gasteiger partial charge is 0.260 e. The van der Waals surface area contributed by atoms with Gasteiger partial charge in [0.15, 0.2) is 13.2 Å². The maximum atomic E-state index is 12.4. The van der Waals surface area contributed by atoms with Gasteiger partial charge in [-0.1, -0.05) is 38.1 Å². The van der Waals surface area contributed by atoms with Gasteiger partial charge < -0.3 is 19.3 Å². The molecule has 2 aromatic rings. The standard InChI is InChI=1S/C30H38Cl4N2O4/c1-3-27(23-5-9-25(10-6-23)39-21-29(37)35(17-13-31)18-14-32)28(4-2)24-7-11-26(12-8-24)40-22-30(38)36(19-15-33)20-16-34/h5-12H,3-4,13-22H2,1-2H3/b28-27-. The van der Waals surface area contributed by atoms with Crippen molar-refractivity contribution in [2.75, 3.05) is 62.9 Å². The number of benzene rings is 2. The van der Waals surface area contributed by atoms with Gasteiger partial charge in [0.05, 0.1) is 0 Å².